The summed E-state index contributed by atoms with van der Waals surface area (Å²) in [6.07, 6.45) is 2.39. The van der Waals surface area contributed by atoms with Crippen molar-refractivity contribution in [3.8, 4) is 0 Å². The highest BCUT2D eigenvalue weighted by Crippen LogP contribution is 1.96. The maximum Gasteiger partial charge on any atom is 0.320 e. The molecule has 1 heterocycles. The molecular weight excluding hydrogens is 200 g/mol. The zero-order valence-electron chi connectivity index (χ0n) is 8.56. The van der Waals surface area contributed by atoms with E-state index in [1.165, 1.54) is 12.2 Å². The van der Waals surface area contributed by atoms with Crippen molar-refractivity contribution in [3.63, 3.8) is 0 Å². The lowest BCUT2D eigenvalue weighted by Crippen LogP contribution is -2.34. The molecule has 1 rings (SSSR count). The van der Waals surface area contributed by atoms with Crippen molar-refractivity contribution in [2.75, 3.05) is 0 Å². The minimum absolute atomic E-state index is 0.0208. The van der Waals surface area contributed by atoms with Crippen molar-refractivity contribution in [1.29, 1.82) is 0 Å². The molecule has 0 aliphatic carbocycles. The number of amides is 2. The summed E-state index contributed by atoms with van der Waals surface area (Å²) in [5.74, 6) is -1.57. The minimum atomic E-state index is -0.931. The lowest BCUT2D eigenvalue weighted by molar-refractivity contribution is -0.139. The Morgan fingerprint density at radius 2 is 1.73 bits per heavy atom. The van der Waals surface area contributed by atoms with Gasteiger partial charge in [-0.25, -0.2) is 0 Å². The van der Waals surface area contributed by atoms with Crippen LogP contribution in [0.15, 0.2) is 12.2 Å². The number of carbonyl (C=O) groups excluding carboxylic acids is 2. The number of hydrogen-bond acceptors (Lipinski definition) is 4. The topological polar surface area (TPSA) is 109 Å². The van der Waals surface area contributed by atoms with Crippen molar-refractivity contribution in [1.82, 2.24) is 5.32 Å². The maximum atomic E-state index is 10.0. The van der Waals surface area contributed by atoms with Crippen molar-refractivity contribution in [2.24, 2.45) is 11.7 Å². The van der Waals surface area contributed by atoms with Gasteiger partial charge >= 0.3 is 5.97 Å². The van der Waals surface area contributed by atoms with Crippen LogP contribution in [0.25, 0.3) is 0 Å². The molecule has 2 amide bonds. The standard InChI is InChI=1S/C5H11NO2.C4H3NO2/c1-3(2)4(6)5(7)8;6-3-1-2-4(7)5-3/h3-4H,6H2,1-2H3,(H,7,8);1-2H,(H,5,6,7). The van der Waals surface area contributed by atoms with E-state index in [-0.39, 0.29) is 17.7 Å². The summed E-state index contributed by atoms with van der Waals surface area (Å²) in [6.45, 7) is 3.55. The van der Waals surface area contributed by atoms with Crippen LogP contribution in [0.4, 0.5) is 0 Å². The number of carboxylic acids is 1. The minimum Gasteiger partial charge on any atom is -0.480 e. The van der Waals surface area contributed by atoms with Crippen LogP contribution in [0.5, 0.6) is 0 Å². The molecule has 84 valence electrons. The second-order valence-electron chi connectivity index (χ2n) is 3.29. The molecular formula is C9H14N2O4. The Morgan fingerprint density at radius 3 is 1.80 bits per heavy atom. The molecule has 6 nitrogen and oxygen atoms in total. The molecule has 1 aliphatic heterocycles. The summed E-state index contributed by atoms with van der Waals surface area (Å²) in [5.41, 5.74) is 5.16. The van der Waals surface area contributed by atoms with Crippen LogP contribution in [-0.2, 0) is 14.4 Å². The van der Waals surface area contributed by atoms with Gasteiger partial charge in [0.05, 0.1) is 0 Å². The number of hydrogen-bond donors (Lipinski definition) is 3. The van der Waals surface area contributed by atoms with E-state index in [0.717, 1.165) is 0 Å². The van der Waals surface area contributed by atoms with E-state index in [1.54, 1.807) is 13.8 Å². The summed E-state index contributed by atoms with van der Waals surface area (Å²) >= 11 is 0. The van der Waals surface area contributed by atoms with Gasteiger partial charge in [0.1, 0.15) is 6.04 Å². The summed E-state index contributed by atoms with van der Waals surface area (Å²) in [7, 11) is 0. The van der Waals surface area contributed by atoms with Gasteiger partial charge in [0, 0.05) is 12.2 Å². The molecule has 0 saturated carbocycles. The zero-order chi connectivity index (χ0) is 12.0. The predicted molar refractivity (Wildman–Crippen MR) is 52.7 cm³/mol. The van der Waals surface area contributed by atoms with Crippen LogP contribution in [0.2, 0.25) is 0 Å². The fourth-order valence-corrected chi connectivity index (χ4v) is 0.641. The van der Waals surface area contributed by atoms with Gasteiger partial charge < -0.3 is 10.8 Å². The van der Waals surface area contributed by atoms with Crippen molar-refractivity contribution < 1.29 is 19.5 Å². The van der Waals surface area contributed by atoms with E-state index in [2.05, 4.69) is 0 Å². The lowest BCUT2D eigenvalue weighted by Gasteiger charge is -2.07. The molecule has 1 atom stereocenters. The van der Waals surface area contributed by atoms with Gasteiger partial charge in [-0.3, -0.25) is 19.7 Å². The third kappa shape index (κ3) is 5.58. The summed E-state index contributed by atoms with van der Waals surface area (Å²) < 4.78 is 0. The van der Waals surface area contributed by atoms with Gasteiger partial charge in [-0.15, -0.1) is 0 Å². The van der Waals surface area contributed by atoms with Gasteiger partial charge in [-0.2, -0.15) is 0 Å². The molecule has 0 fully saturated rings. The molecule has 0 spiro atoms. The Bertz CT molecular complexity index is 280. The number of rotatable bonds is 2. The number of nitrogens with one attached hydrogen (secondary N) is 1. The van der Waals surface area contributed by atoms with Crippen molar-refractivity contribution >= 4 is 17.8 Å². The first kappa shape index (κ1) is 13.3. The number of carboxylic acid groups (broad SMARTS) is 1. The van der Waals surface area contributed by atoms with Gasteiger partial charge in [-0.1, -0.05) is 13.8 Å². The molecule has 0 bridgehead atoms. The maximum absolute atomic E-state index is 10.0. The Labute approximate surface area is 87.1 Å². The van der Waals surface area contributed by atoms with Crippen LogP contribution in [-0.4, -0.2) is 28.9 Å². The average Bonchev–Trinajstić information content (AvgIpc) is 2.49. The molecule has 0 aromatic heterocycles. The average molecular weight is 214 g/mol. The first-order valence-electron chi connectivity index (χ1n) is 4.36. The number of imide groups is 1. The molecule has 15 heavy (non-hydrogen) atoms. The van der Waals surface area contributed by atoms with Gasteiger partial charge in [0.15, 0.2) is 0 Å². The summed E-state index contributed by atoms with van der Waals surface area (Å²) in [6, 6.07) is -0.713. The van der Waals surface area contributed by atoms with E-state index in [1.807, 2.05) is 5.32 Å². The molecule has 1 unspecified atom stereocenters. The SMILES string of the molecule is CC(C)C(N)C(=O)O.O=C1C=CC(=O)N1. The van der Waals surface area contributed by atoms with E-state index < -0.39 is 12.0 Å². The third-order valence-electron chi connectivity index (χ3n) is 1.64. The number of nitrogens with two attached hydrogens (primary N) is 1. The predicted octanol–water partition coefficient (Wildman–Crippen LogP) is -0.747. The van der Waals surface area contributed by atoms with Crippen LogP contribution in [0, 0.1) is 5.92 Å². The Hall–Kier alpha value is -1.69. The first-order chi connectivity index (χ1) is 6.84. The van der Waals surface area contributed by atoms with Crippen LogP contribution < -0.4 is 11.1 Å². The molecule has 0 radical (unpaired) electrons. The fraction of sp³-hybridized carbons (Fsp3) is 0.444. The highest BCUT2D eigenvalue weighted by Gasteiger charge is 2.14. The number of carbonyl (C=O) groups is 3. The van der Waals surface area contributed by atoms with E-state index >= 15 is 0 Å². The van der Waals surface area contributed by atoms with Crippen LogP contribution >= 0.6 is 0 Å². The van der Waals surface area contributed by atoms with Gasteiger partial charge in [-0.05, 0) is 5.92 Å². The molecule has 0 saturated heterocycles. The highest BCUT2D eigenvalue weighted by atomic mass is 16.4. The molecule has 0 aromatic carbocycles. The van der Waals surface area contributed by atoms with Gasteiger partial charge in [0.2, 0.25) is 0 Å². The highest BCUT2D eigenvalue weighted by molar-refractivity contribution is 6.12. The summed E-state index contributed by atoms with van der Waals surface area (Å²) in [5, 5.41) is 10.3. The largest absolute Gasteiger partial charge is 0.480 e. The summed E-state index contributed by atoms with van der Waals surface area (Å²) in [4.78, 5) is 30.1. The molecule has 6 heteroatoms. The molecule has 4 N–H and O–H groups in total. The Morgan fingerprint density at radius 1 is 1.33 bits per heavy atom. The van der Waals surface area contributed by atoms with E-state index in [9.17, 15) is 14.4 Å². The fourth-order valence-electron chi connectivity index (χ4n) is 0.641. The first-order valence-corrected chi connectivity index (χ1v) is 4.36. The van der Waals surface area contributed by atoms with Crippen LogP contribution in [0.3, 0.4) is 0 Å². The van der Waals surface area contributed by atoms with Crippen LogP contribution in [0.1, 0.15) is 13.8 Å². The second-order valence-corrected chi connectivity index (χ2v) is 3.29. The number of aliphatic carboxylic acids is 1. The van der Waals surface area contributed by atoms with E-state index in [4.69, 9.17) is 10.8 Å². The zero-order valence-corrected chi connectivity index (χ0v) is 8.56. The van der Waals surface area contributed by atoms with Crippen molar-refractivity contribution in [2.45, 2.75) is 19.9 Å². The monoisotopic (exact) mass is 214 g/mol. The van der Waals surface area contributed by atoms with Crippen molar-refractivity contribution in [3.05, 3.63) is 12.2 Å². The molecule has 1 aliphatic rings. The smallest absolute Gasteiger partial charge is 0.320 e. The second kappa shape index (κ2) is 5.92. The molecule has 0 aromatic rings. The quantitative estimate of drug-likeness (QED) is 0.524. The van der Waals surface area contributed by atoms with Gasteiger partial charge in [0.25, 0.3) is 11.8 Å². The Kier molecular flexibility index (Phi) is 5.25. The lowest BCUT2D eigenvalue weighted by atomic mass is 10.1. The normalized spacial score (nSPS) is 15.7. The van der Waals surface area contributed by atoms with E-state index in [0.29, 0.717) is 0 Å². The Balaban J connectivity index is 0.000000262. The third-order valence-corrected chi connectivity index (χ3v) is 1.64.